The summed E-state index contributed by atoms with van der Waals surface area (Å²) in [6.45, 7) is 3.59. The van der Waals surface area contributed by atoms with Crippen molar-refractivity contribution in [2.45, 2.75) is 13.3 Å². The summed E-state index contributed by atoms with van der Waals surface area (Å²) in [6.07, 6.45) is 0.906. The molecule has 1 atom stereocenters. The van der Waals surface area contributed by atoms with Crippen LogP contribution in [0.1, 0.15) is 12.5 Å². The van der Waals surface area contributed by atoms with E-state index in [2.05, 4.69) is 10.2 Å². The molecule has 1 unspecified atom stereocenters. The van der Waals surface area contributed by atoms with Crippen LogP contribution in [0.5, 0.6) is 0 Å². The van der Waals surface area contributed by atoms with Gasteiger partial charge in [-0.15, -0.1) is 0 Å². The van der Waals surface area contributed by atoms with E-state index in [-0.39, 0.29) is 11.8 Å². The number of hydrogen-bond donors (Lipinski definition) is 2. The Bertz CT molecular complexity index is 392. The lowest BCUT2D eigenvalue weighted by Crippen LogP contribution is -2.35. The largest absolute Gasteiger partial charge is 0.399 e. The molecule has 1 rings (SSSR count). The third-order valence-corrected chi connectivity index (χ3v) is 3.10. The Morgan fingerprint density at radius 2 is 2.11 bits per heavy atom. The molecule has 0 aliphatic heterocycles. The van der Waals surface area contributed by atoms with Gasteiger partial charge in [-0.3, -0.25) is 4.79 Å². The number of hydrogen-bond acceptors (Lipinski definition) is 3. The van der Waals surface area contributed by atoms with Gasteiger partial charge in [-0.05, 0) is 25.1 Å². The molecule has 0 spiro atoms. The van der Waals surface area contributed by atoms with Crippen LogP contribution in [0.15, 0.2) is 24.3 Å². The van der Waals surface area contributed by atoms with Crippen molar-refractivity contribution in [2.75, 3.05) is 32.9 Å². The van der Waals surface area contributed by atoms with Gasteiger partial charge in [0, 0.05) is 31.7 Å². The van der Waals surface area contributed by atoms with Crippen LogP contribution in [-0.4, -0.2) is 38.0 Å². The number of nitrogens with two attached hydrogens (primary N) is 1. The van der Waals surface area contributed by atoms with Crippen molar-refractivity contribution in [1.29, 1.82) is 0 Å². The summed E-state index contributed by atoms with van der Waals surface area (Å²) in [7, 11) is 3.70. The predicted molar refractivity (Wildman–Crippen MR) is 75.3 cm³/mol. The number of carbonyl (C=O) groups is 1. The number of nitrogen functional groups attached to an aromatic ring is 1. The van der Waals surface area contributed by atoms with Crippen LogP contribution >= 0.6 is 0 Å². The van der Waals surface area contributed by atoms with E-state index in [9.17, 15) is 4.79 Å². The molecule has 0 saturated heterocycles. The van der Waals surface area contributed by atoms with E-state index in [0.29, 0.717) is 0 Å². The Labute approximate surface area is 109 Å². The topological polar surface area (TPSA) is 58.4 Å². The van der Waals surface area contributed by atoms with Crippen LogP contribution in [0.3, 0.4) is 0 Å². The molecule has 0 aliphatic carbocycles. The maximum atomic E-state index is 11.4. The summed E-state index contributed by atoms with van der Waals surface area (Å²) in [6, 6.07) is 7.91. The zero-order valence-corrected chi connectivity index (χ0v) is 11.4. The van der Waals surface area contributed by atoms with Crippen LogP contribution < -0.4 is 11.1 Å². The summed E-state index contributed by atoms with van der Waals surface area (Å²) in [5, 5.41) is 2.67. The second-order valence-corrected chi connectivity index (χ2v) is 4.73. The lowest BCUT2D eigenvalue weighted by molar-refractivity contribution is -0.124. The van der Waals surface area contributed by atoms with E-state index >= 15 is 0 Å². The first-order valence-electron chi connectivity index (χ1n) is 6.28. The quantitative estimate of drug-likeness (QED) is 0.743. The van der Waals surface area contributed by atoms with E-state index in [1.165, 1.54) is 0 Å². The Balaban J connectivity index is 2.40. The zero-order chi connectivity index (χ0) is 13.5. The van der Waals surface area contributed by atoms with Crippen LogP contribution in [-0.2, 0) is 11.2 Å². The zero-order valence-electron chi connectivity index (χ0n) is 11.4. The molecule has 0 aromatic heterocycles. The van der Waals surface area contributed by atoms with Crippen LogP contribution in [0.4, 0.5) is 5.69 Å². The van der Waals surface area contributed by atoms with Crippen LogP contribution in [0.25, 0.3) is 0 Å². The molecule has 0 fully saturated rings. The molecule has 18 heavy (non-hydrogen) atoms. The summed E-state index contributed by atoms with van der Waals surface area (Å²) < 4.78 is 0. The number of carbonyl (C=O) groups excluding carboxylic acids is 1. The van der Waals surface area contributed by atoms with Gasteiger partial charge < -0.3 is 16.0 Å². The van der Waals surface area contributed by atoms with Crippen molar-refractivity contribution in [3.63, 3.8) is 0 Å². The third-order valence-electron chi connectivity index (χ3n) is 3.10. The third kappa shape index (κ3) is 4.37. The average molecular weight is 249 g/mol. The van der Waals surface area contributed by atoms with E-state index < -0.39 is 0 Å². The van der Waals surface area contributed by atoms with Gasteiger partial charge in [-0.1, -0.05) is 25.1 Å². The smallest absolute Gasteiger partial charge is 0.223 e. The molecule has 100 valence electrons. The van der Waals surface area contributed by atoms with Crippen molar-refractivity contribution in [1.82, 2.24) is 10.2 Å². The van der Waals surface area contributed by atoms with Gasteiger partial charge in [0.2, 0.25) is 5.91 Å². The maximum absolute atomic E-state index is 11.4. The Kier molecular flexibility index (Phi) is 5.65. The SMILES string of the molecule is CNC(=O)C(C)CN(C)CCc1ccccc1N. The van der Waals surface area contributed by atoms with Gasteiger partial charge in [0.15, 0.2) is 0 Å². The predicted octanol–water partition coefficient (Wildman–Crippen LogP) is 1.13. The van der Waals surface area contributed by atoms with E-state index in [1.54, 1.807) is 7.05 Å². The molecule has 4 heteroatoms. The molecule has 3 N–H and O–H groups in total. The highest BCUT2D eigenvalue weighted by molar-refractivity contribution is 5.78. The molecular formula is C14H23N3O. The second kappa shape index (κ2) is 7.01. The highest BCUT2D eigenvalue weighted by Gasteiger charge is 2.13. The second-order valence-electron chi connectivity index (χ2n) is 4.73. The molecule has 1 aromatic rings. The van der Waals surface area contributed by atoms with Crippen molar-refractivity contribution >= 4 is 11.6 Å². The standard InChI is InChI=1S/C14H23N3O/c1-11(14(18)16-2)10-17(3)9-8-12-6-4-5-7-13(12)15/h4-7,11H,8-10,15H2,1-3H3,(H,16,18). The summed E-state index contributed by atoms with van der Waals surface area (Å²) in [5.41, 5.74) is 7.90. The van der Waals surface area contributed by atoms with Gasteiger partial charge in [0.1, 0.15) is 0 Å². The van der Waals surface area contributed by atoms with E-state index in [1.807, 2.05) is 38.2 Å². The molecule has 0 bridgehead atoms. The number of rotatable bonds is 6. The van der Waals surface area contributed by atoms with Gasteiger partial charge in [0.25, 0.3) is 0 Å². The number of nitrogens with one attached hydrogen (secondary N) is 1. The molecule has 0 heterocycles. The Morgan fingerprint density at radius 3 is 2.72 bits per heavy atom. The number of likely N-dealkylation sites (N-methyl/N-ethyl adjacent to an activating group) is 1. The molecular weight excluding hydrogens is 226 g/mol. The molecule has 0 aliphatic rings. The highest BCUT2D eigenvalue weighted by atomic mass is 16.1. The molecule has 4 nitrogen and oxygen atoms in total. The Morgan fingerprint density at radius 1 is 1.44 bits per heavy atom. The minimum atomic E-state index is 0.00752. The van der Waals surface area contributed by atoms with Gasteiger partial charge in [0.05, 0.1) is 0 Å². The van der Waals surface area contributed by atoms with Gasteiger partial charge in [-0.25, -0.2) is 0 Å². The molecule has 0 saturated carbocycles. The van der Waals surface area contributed by atoms with Crippen molar-refractivity contribution in [3.05, 3.63) is 29.8 Å². The summed E-state index contributed by atoms with van der Waals surface area (Å²) in [4.78, 5) is 13.6. The fourth-order valence-electron chi connectivity index (χ4n) is 1.96. The first-order chi connectivity index (χ1) is 8.54. The molecule has 0 radical (unpaired) electrons. The summed E-state index contributed by atoms with van der Waals surface area (Å²) >= 11 is 0. The lowest BCUT2D eigenvalue weighted by Gasteiger charge is -2.20. The number of nitrogens with zero attached hydrogens (tertiary/aromatic N) is 1. The molecule has 1 amide bonds. The highest BCUT2D eigenvalue weighted by Crippen LogP contribution is 2.11. The van der Waals surface area contributed by atoms with Crippen molar-refractivity contribution in [3.8, 4) is 0 Å². The van der Waals surface area contributed by atoms with E-state index in [0.717, 1.165) is 30.8 Å². The maximum Gasteiger partial charge on any atom is 0.223 e. The number of amides is 1. The van der Waals surface area contributed by atoms with Gasteiger partial charge in [-0.2, -0.15) is 0 Å². The summed E-state index contributed by atoms with van der Waals surface area (Å²) in [5.74, 6) is 0.0918. The normalized spacial score (nSPS) is 12.4. The fourth-order valence-corrected chi connectivity index (χ4v) is 1.96. The minimum Gasteiger partial charge on any atom is -0.399 e. The van der Waals surface area contributed by atoms with E-state index in [4.69, 9.17) is 5.73 Å². The van der Waals surface area contributed by atoms with Crippen LogP contribution in [0.2, 0.25) is 0 Å². The lowest BCUT2D eigenvalue weighted by atomic mass is 10.1. The van der Waals surface area contributed by atoms with Gasteiger partial charge >= 0.3 is 0 Å². The van der Waals surface area contributed by atoms with Crippen molar-refractivity contribution < 1.29 is 4.79 Å². The molecule has 1 aromatic carbocycles. The van der Waals surface area contributed by atoms with Crippen molar-refractivity contribution in [2.24, 2.45) is 5.92 Å². The fraction of sp³-hybridized carbons (Fsp3) is 0.500. The monoisotopic (exact) mass is 249 g/mol. The number of anilines is 1. The average Bonchev–Trinajstić information content (AvgIpc) is 2.36. The first kappa shape index (κ1) is 14.5. The number of benzene rings is 1. The number of para-hydroxylation sites is 1. The first-order valence-corrected chi connectivity index (χ1v) is 6.28. The Hall–Kier alpha value is -1.55. The van der Waals surface area contributed by atoms with Crippen LogP contribution in [0, 0.1) is 5.92 Å². The minimum absolute atomic E-state index is 0.00752.